The smallest absolute Gasteiger partial charge is 0.144 e. The molecule has 4 heteroatoms. The topological polar surface area (TPSA) is 34.9 Å². The van der Waals surface area contributed by atoms with Gasteiger partial charge in [0.25, 0.3) is 0 Å². The van der Waals surface area contributed by atoms with Crippen molar-refractivity contribution in [2.75, 3.05) is 0 Å². The van der Waals surface area contributed by atoms with Gasteiger partial charge in [-0.1, -0.05) is 19.1 Å². The Kier molecular flexibility index (Phi) is 4.15. The summed E-state index contributed by atoms with van der Waals surface area (Å²) in [6.07, 6.45) is 1.94. The third-order valence-electron chi connectivity index (χ3n) is 3.52. The zero-order valence-electron chi connectivity index (χ0n) is 12.1. The lowest BCUT2D eigenvalue weighted by molar-refractivity contribution is -0.117. The first-order chi connectivity index (χ1) is 10.3. The summed E-state index contributed by atoms with van der Waals surface area (Å²) in [4.78, 5) is 16.9. The van der Waals surface area contributed by atoms with Crippen molar-refractivity contribution >= 4 is 28.2 Å². The standard InChI is InChI=1S/C17H18N2OS/c1-2-8-19-16-6-4-3-5-15(16)18-17(19)11-14(20)10-13-7-9-21-12-13/h3-7,9,12H,2,8,10-11H2,1H3. The molecule has 3 aromatic rings. The second kappa shape index (κ2) is 6.22. The zero-order chi connectivity index (χ0) is 14.7. The van der Waals surface area contributed by atoms with E-state index >= 15 is 0 Å². The molecule has 0 radical (unpaired) electrons. The number of nitrogens with zero attached hydrogens (tertiary/aromatic N) is 2. The molecule has 0 atom stereocenters. The number of thiophene rings is 1. The van der Waals surface area contributed by atoms with Crippen LogP contribution >= 0.6 is 11.3 Å². The van der Waals surface area contributed by atoms with Gasteiger partial charge in [0.05, 0.1) is 17.5 Å². The number of Topliss-reactive ketones (excluding diaryl/α,β-unsaturated/α-hetero) is 1. The molecule has 0 aliphatic heterocycles. The van der Waals surface area contributed by atoms with Crippen LogP contribution in [0.1, 0.15) is 24.7 Å². The highest BCUT2D eigenvalue weighted by Crippen LogP contribution is 2.18. The second-order valence-corrected chi connectivity index (χ2v) is 5.97. The summed E-state index contributed by atoms with van der Waals surface area (Å²) in [5, 5.41) is 4.04. The molecule has 3 rings (SSSR count). The van der Waals surface area contributed by atoms with Gasteiger partial charge in [-0.15, -0.1) is 0 Å². The predicted molar refractivity (Wildman–Crippen MR) is 86.8 cm³/mol. The molecule has 0 fully saturated rings. The van der Waals surface area contributed by atoms with E-state index in [1.165, 1.54) is 0 Å². The van der Waals surface area contributed by atoms with Crippen LogP contribution in [-0.2, 0) is 24.2 Å². The van der Waals surface area contributed by atoms with Crippen molar-refractivity contribution in [1.29, 1.82) is 0 Å². The molecule has 0 N–H and O–H groups in total. The molecule has 1 aromatic carbocycles. The maximum absolute atomic E-state index is 12.3. The Morgan fingerprint density at radius 2 is 2.10 bits per heavy atom. The van der Waals surface area contributed by atoms with Gasteiger partial charge in [0, 0.05) is 13.0 Å². The highest BCUT2D eigenvalue weighted by Gasteiger charge is 2.14. The lowest BCUT2D eigenvalue weighted by Crippen LogP contribution is -2.12. The fraction of sp³-hybridized carbons (Fsp3) is 0.294. The minimum atomic E-state index is 0.223. The number of carbonyl (C=O) groups is 1. The maximum atomic E-state index is 12.3. The molecule has 0 saturated heterocycles. The molecule has 2 aromatic heterocycles. The van der Waals surface area contributed by atoms with Crippen molar-refractivity contribution in [2.24, 2.45) is 0 Å². The first kappa shape index (κ1) is 14.0. The fourth-order valence-corrected chi connectivity index (χ4v) is 3.26. The first-order valence-corrected chi connectivity index (χ1v) is 8.19. The van der Waals surface area contributed by atoms with E-state index in [9.17, 15) is 4.79 Å². The van der Waals surface area contributed by atoms with Crippen molar-refractivity contribution in [3.8, 4) is 0 Å². The Hall–Kier alpha value is -1.94. The van der Waals surface area contributed by atoms with E-state index in [0.717, 1.165) is 35.4 Å². The quantitative estimate of drug-likeness (QED) is 0.692. The Morgan fingerprint density at radius 3 is 2.86 bits per heavy atom. The molecule has 0 aliphatic rings. The number of hydrogen-bond donors (Lipinski definition) is 0. The molecular weight excluding hydrogens is 280 g/mol. The molecule has 3 nitrogen and oxygen atoms in total. The van der Waals surface area contributed by atoms with E-state index in [2.05, 4.69) is 22.5 Å². The number of rotatable bonds is 6. The Bertz CT molecular complexity index is 743. The van der Waals surface area contributed by atoms with Gasteiger partial charge >= 0.3 is 0 Å². The average molecular weight is 298 g/mol. The molecule has 0 spiro atoms. The molecule has 0 aliphatic carbocycles. The number of aromatic nitrogens is 2. The Balaban J connectivity index is 1.85. The van der Waals surface area contributed by atoms with Crippen LogP contribution in [0.2, 0.25) is 0 Å². The molecule has 0 amide bonds. The predicted octanol–water partition coefficient (Wildman–Crippen LogP) is 3.86. The van der Waals surface area contributed by atoms with E-state index in [1.54, 1.807) is 11.3 Å². The van der Waals surface area contributed by atoms with Crippen molar-refractivity contribution < 1.29 is 4.79 Å². The number of fused-ring (bicyclic) bond motifs is 1. The van der Waals surface area contributed by atoms with Gasteiger partial charge < -0.3 is 4.57 Å². The van der Waals surface area contributed by atoms with Crippen LogP contribution in [-0.4, -0.2) is 15.3 Å². The van der Waals surface area contributed by atoms with E-state index in [0.29, 0.717) is 12.8 Å². The lowest BCUT2D eigenvalue weighted by Gasteiger charge is -2.07. The molecule has 0 saturated carbocycles. The zero-order valence-corrected chi connectivity index (χ0v) is 12.9. The van der Waals surface area contributed by atoms with Crippen LogP contribution in [0.15, 0.2) is 41.1 Å². The largest absolute Gasteiger partial charge is 0.328 e. The summed E-state index contributed by atoms with van der Waals surface area (Å²) < 4.78 is 2.18. The Morgan fingerprint density at radius 1 is 1.24 bits per heavy atom. The fourth-order valence-electron chi connectivity index (χ4n) is 2.59. The minimum absolute atomic E-state index is 0.223. The highest BCUT2D eigenvalue weighted by molar-refractivity contribution is 7.08. The first-order valence-electron chi connectivity index (χ1n) is 7.25. The number of para-hydroxylation sites is 2. The molecule has 21 heavy (non-hydrogen) atoms. The summed E-state index contributed by atoms with van der Waals surface area (Å²) in [6, 6.07) is 10.1. The van der Waals surface area contributed by atoms with Crippen LogP contribution in [0.4, 0.5) is 0 Å². The van der Waals surface area contributed by atoms with Gasteiger partial charge in [-0.3, -0.25) is 4.79 Å². The molecular formula is C17H18N2OS. The molecule has 0 bridgehead atoms. The van der Waals surface area contributed by atoms with Gasteiger partial charge in [0.1, 0.15) is 11.6 Å². The van der Waals surface area contributed by atoms with Gasteiger partial charge in [0.15, 0.2) is 0 Å². The highest BCUT2D eigenvalue weighted by atomic mass is 32.1. The van der Waals surface area contributed by atoms with E-state index < -0.39 is 0 Å². The average Bonchev–Trinajstić information content (AvgIpc) is 3.08. The molecule has 0 unspecified atom stereocenters. The van der Waals surface area contributed by atoms with Crippen LogP contribution < -0.4 is 0 Å². The monoisotopic (exact) mass is 298 g/mol. The minimum Gasteiger partial charge on any atom is -0.328 e. The van der Waals surface area contributed by atoms with Crippen molar-refractivity contribution in [3.63, 3.8) is 0 Å². The van der Waals surface area contributed by atoms with Crippen LogP contribution in [0.3, 0.4) is 0 Å². The van der Waals surface area contributed by atoms with E-state index in [-0.39, 0.29) is 5.78 Å². The second-order valence-electron chi connectivity index (χ2n) is 5.19. The number of benzene rings is 1. The number of hydrogen-bond acceptors (Lipinski definition) is 3. The maximum Gasteiger partial charge on any atom is 0.144 e. The van der Waals surface area contributed by atoms with Gasteiger partial charge in [-0.25, -0.2) is 4.98 Å². The number of imidazole rings is 1. The van der Waals surface area contributed by atoms with Crippen molar-refractivity contribution in [1.82, 2.24) is 9.55 Å². The number of aryl methyl sites for hydroxylation is 1. The van der Waals surface area contributed by atoms with Crippen LogP contribution in [0.25, 0.3) is 11.0 Å². The summed E-state index contributed by atoms with van der Waals surface area (Å²) in [5.74, 6) is 1.11. The van der Waals surface area contributed by atoms with Crippen molar-refractivity contribution in [2.45, 2.75) is 32.7 Å². The van der Waals surface area contributed by atoms with Gasteiger partial charge in [0.2, 0.25) is 0 Å². The number of carbonyl (C=O) groups excluding carboxylic acids is 1. The van der Waals surface area contributed by atoms with Gasteiger partial charge in [-0.05, 0) is 40.9 Å². The molecule has 108 valence electrons. The van der Waals surface area contributed by atoms with E-state index in [1.807, 2.05) is 35.0 Å². The summed E-state index contributed by atoms with van der Waals surface area (Å²) in [5.41, 5.74) is 3.20. The number of ketones is 1. The summed E-state index contributed by atoms with van der Waals surface area (Å²) in [7, 11) is 0. The Labute approximate surface area is 128 Å². The van der Waals surface area contributed by atoms with Crippen molar-refractivity contribution in [3.05, 3.63) is 52.5 Å². The summed E-state index contributed by atoms with van der Waals surface area (Å²) >= 11 is 1.63. The third-order valence-corrected chi connectivity index (χ3v) is 4.25. The van der Waals surface area contributed by atoms with Gasteiger partial charge in [-0.2, -0.15) is 11.3 Å². The SMILES string of the molecule is CCCn1c(CC(=O)Cc2ccsc2)nc2ccccc21. The van der Waals surface area contributed by atoms with Crippen LogP contribution in [0.5, 0.6) is 0 Å². The normalized spacial score (nSPS) is 11.1. The molecule has 2 heterocycles. The van der Waals surface area contributed by atoms with Crippen LogP contribution in [0, 0.1) is 0 Å². The van der Waals surface area contributed by atoms with E-state index in [4.69, 9.17) is 0 Å². The summed E-state index contributed by atoms with van der Waals surface area (Å²) in [6.45, 7) is 3.05. The third kappa shape index (κ3) is 3.05. The lowest BCUT2D eigenvalue weighted by atomic mass is 10.1.